The summed E-state index contributed by atoms with van der Waals surface area (Å²) in [5.41, 5.74) is 7.39. The van der Waals surface area contributed by atoms with Crippen LogP contribution in [0.25, 0.3) is 0 Å². The van der Waals surface area contributed by atoms with Crippen molar-refractivity contribution in [1.82, 2.24) is 0 Å². The second-order valence-electron chi connectivity index (χ2n) is 4.27. The summed E-state index contributed by atoms with van der Waals surface area (Å²) in [4.78, 5) is 0.126. The van der Waals surface area contributed by atoms with E-state index in [-0.39, 0.29) is 10.7 Å². The van der Waals surface area contributed by atoms with E-state index in [1.807, 2.05) is 0 Å². The van der Waals surface area contributed by atoms with E-state index in [1.54, 1.807) is 19.1 Å². The molecule has 2 rings (SSSR count). The highest BCUT2D eigenvalue weighted by molar-refractivity contribution is 9.10. The summed E-state index contributed by atoms with van der Waals surface area (Å²) in [5.74, 6) is -0.920. The van der Waals surface area contributed by atoms with E-state index in [0.717, 1.165) is 5.56 Å². The molecule has 0 saturated carbocycles. The molecule has 0 amide bonds. The molecule has 0 aliphatic rings. The van der Waals surface area contributed by atoms with Crippen molar-refractivity contribution in [2.75, 3.05) is 5.32 Å². The lowest BCUT2D eigenvalue weighted by molar-refractivity contribution is 0.620. The van der Waals surface area contributed by atoms with E-state index in [0.29, 0.717) is 15.7 Å². The molecule has 0 aromatic heterocycles. The smallest absolute Gasteiger partial charge is 0.147 e. The van der Waals surface area contributed by atoms with Crippen LogP contribution >= 0.6 is 28.1 Å². The third kappa shape index (κ3) is 3.13. The van der Waals surface area contributed by atoms with Crippen molar-refractivity contribution in [2.45, 2.75) is 6.92 Å². The number of aryl methyl sites for hydroxylation is 1. The summed E-state index contributed by atoms with van der Waals surface area (Å²) in [6.45, 7) is 1.80. The maximum Gasteiger partial charge on any atom is 0.147 e. The van der Waals surface area contributed by atoms with Gasteiger partial charge in [-0.2, -0.15) is 0 Å². The van der Waals surface area contributed by atoms with Crippen LogP contribution in [0.4, 0.5) is 20.2 Å². The minimum absolute atomic E-state index is 0.126. The molecule has 6 heteroatoms. The molecule has 3 N–H and O–H groups in total. The van der Waals surface area contributed by atoms with E-state index in [2.05, 4.69) is 21.2 Å². The minimum Gasteiger partial charge on any atom is -0.389 e. The maximum absolute atomic E-state index is 13.9. The summed E-state index contributed by atoms with van der Waals surface area (Å²) in [5, 5.41) is 2.85. The van der Waals surface area contributed by atoms with E-state index >= 15 is 0 Å². The molecule has 0 atom stereocenters. The Balaban J connectivity index is 2.35. The number of hydrogen-bond donors (Lipinski definition) is 2. The predicted molar refractivity (Wildman–Crippen MR) is 84.4 cm³/mol. The van der Waals surface area contributed by atoms with Gasteiger partial charge in [0.1, 0.15) is 16.6 Å². The van der Waals surface area contributed by atoms with Gasteiger partial charge in [-0.05, 0) is 58.7 Å². The molecule has 0 unspecified atom stereocenters. The van der Waals surface area contributed by atoms with Gasteiger partial charge >= 0.3 is 0 Å². The van der Waals surface area contributed by atoms with E-state index in [1.165, 1.54) is 18.2 Å². The largest absolute Gasteiger partial charge is 0.389 e. The Kier molecular flexibility index (Phi) is 4.35. The summed E-state index contributed by atoms with van der Waals surface area (Å²) in [7, 11) is 0. The van der Waals surface area contributed by atoms with Crippen LogP contribution in [0.15, 0.2) is 34.8 Å². The van der Waals surface area contributed by atoms with E-state index in [4.69, 9.17) is 18.0 Å². The molecule has 20 heavy (non-hydrogen) atoms. The van der Waals surface area contributed by atoms with Gasteiger partial charge in [-0.1, -0.05) is 12.2 Å². The number of halogens is 3. The molecule has 0 saturated heterocycles. The van der Waals surface area contributed by atoms with Gasteiger partial charge in [0.05, 0.1) is 10.2 Å². The van der Waals surface area contributed by atoms with E-state index in [9.17, 15) is 8.78 Å². The molecule has 0 heterocycles. The number of anilines is 2. The van der Waals surface area contributed by atoms with Crippen LogP contribution in [0.5, 0.6) is 0 Å². The van der Waals surface area contributed by atoms with Crippen molar-refractivity contribution >= 4 is 44.5 Å². The molecule has 2 aromatic rings. The third-order valence-electron chi connectivity index (χ3n) is 2.79. The van der Waals surface area contributed by atoms with Crippen LogP contribution in [-0.2, 0) is 0 Å². The van der Waals surface area contributed by atoms with Gasteiger partial charge < -0.3 is 11.1 Å². The number of hydrogen-bond acceptors (Lipinski definition) is 2. The molecule has 104 valence electrons. The van der Waals surface area contributed by atoms with Crippen LogP contribution in [-0.4, -0.2) is 4.99 Å². The molecule has 2 nitrogen and oxygen atoms in total. The molecule has 0 fully saturated rings. The highest BCUT2D eigenvalue weighted by atomic mass is 79.9. The fourth-order valence-corrected chi connectivity index (χ4v) is 2.28. The Labute approximate surface area is 129 Å². The second kappa shape index (κ2) is 5.85. The lowest BCUT2D eigenvalue weighted by Crippen LogP contribution is -2.10. The first-order valence-corrected chi connectivity index (χ1v) is 6.90. The van der Waals surface area contributed by atoms with Gasteiger partial charge in [0.25, 0.3) is 0 Å². The SMILES string of the molecule is Cc1cc(Br)c(F)cc1Nc1ccc(C(N)=S)cc1F. The standard InChI is InChI=1S/C14H11BrF2N2S/c1-7-4-9(15)10(16)6-13(7)19-12-3-2-8(14(18)20)5-11(12)17/h2-6,19H,1H3,(H2,18,20). The van der Waals surface area contributed by atoms with Gasteiger partial charge in [-0.25, -0.2) is 8.78 Å². The van der Waals surface area contributed by atoms with Gasteiger partial charge in [-0.15, -0.1) is 0 Å². The molecular weight excluding hydrogens is 346 g/mol. The number of rotatable bonds is 3. The van der Waals surface area contributed by atoms with Crippen LogP contribution in [0, 0.1) is 18.6 Å². The first-order chi connectivity index (χ1) is 9.38. The molecule has 2 aromatic carbocycles. The van der Waals surface area contributed by atoms with Crippen molar-refractivity contribution in [1.29, 1.82) is 0 Å². The Morgan fingerprint density at radius 2 is 1.85 bits per heavy atom. The second-order valence-corrected chi connectivity index (χ2v) is 5.56. The monoisotopic (exact) mass is 356 g/mol. The first-order valence-electron chi connectivity index (χ1n) is 5.70. The fraction of sp³-hybridized carbons (Fsp3) is 0.0714. The molecule has 0 aliphatic carbocycles. The quantitative estimate of drug-likeness (QED) is 0.799. The lowest BCUT2D eigenvalue weighted by Gasteiger charge is -2.12. The zero-order valence-electron chi connectivity index (χ0n) is 10.5. The van der Waals surface area contributed by atoms with Crippen molar-refractivity contribution in [3.8, 4) is 0 Å². The van der Waals surface area contributed by atoms with Crippen LogP contribution in [0.3, 0.4) is 0 Å². The van der Waals surface area contributed by atoms with Crippen molar-refractivity contribution < 1.29 is 8.78 Å². The first kappa shape index (κ1) is 14.9. The number of nitrogens with one attached hydrogen (secondary N) is 1. The molecule has 0 spiro atoms. The Bertz CT molecular complexity index is 689. The normalized spacial score (nSPS) is 10.4. The molecular formula is C14H11BrF2N2S. The highest BCUT2D eigenvalue weighted by Crippen LogP contribution is 2.28. The van der Waals surface area contributed by atoms with Crippen molar-refractivity contribution in [3.05, 3.63) is 57.6 Å². The van der Waals surface area contributed by atoms with Gasteiger partial charge in [-0.3, -0.25) is 0 Å². The van der Waals surface area contributed by atoms with Gasteiger partial charge in [0.2, 0.25) is 0 Å². The predicted octanol–water partition coefficient (Wildman–Crippen LogP) is 4.41. The maximum atomic E-state index is 13.9. The van der Waals surface area contributed by atoms with Crippen LogP contribution < -0.4 is 11.1 Å². The zero-order chi connectivity index (χ0) is 14.9. The van der Waals surface area contributed by atoms with Gasteiger partial charge in [0, 0.05) is 11.3 Å². The Morgan fingerprint density at radius 1 is 1.15 bits per heavy atom. The fourth-order valence-electron chi connectivity index (χ4n) is 1.70. The van der Waals surface area contributed by atoms with Crippen molar-refractivity contribution in [3.63, 3.8) is 0 Å². The van der Waals surface area contributed by atoms with E-state index < -0.39 is 11.6 Å². The number of nitrogens with two attached hydrogens (primary N) is 1. The third-order valence-corrected chi connectivity index (χ3v) is 3.63. The average Bonchev–Trinajstić information content (AvgIpc) is 2.37. The summed E-state index contributed by atoms with van der Waals surface area (Å²) < 4.78 is 27.8. The van der Waals surface area contributed by atoms with Crippen LogP contribution in [0.2, 0.25) is 0 Å². The summed E-state index contributed by atoms with van der Waals surface area (Å²) in [6, 6.07) is 7.30. The summed E-state index contributed by atoms with van der Waals surface area (Å²) >= 11 is 7.88. The zero-order valence-corrected chi connectivity index (χ0v) is 12.9. The Morgan fingerprint density at radius 3 is 2.45 bits per heavy atom. The highest BCUT2D eigenvalue weighted by Gasteiger charge is 2.09. The Hall–Kier alpha value is -1.53. The van der Waals surface area contributed by atoms with Crippen LogP contribution in [0.1, 0.15) is 11.1 Å². The summed E-state index contributed by atoms with van der Waals surface area (Å²) in [6.07, 6.45) is 0. The van der Waals surface area contributed by atoms with Gasteiger partial charge in [0.15, 0.2) is 0 Å². The minimum atomic E-state index is -0.502. The lowest BCUT2D eigenvalue weighted by atomic mass is 10.1. The number of benzene rings is 2. The average molecular weight is 357 g/mol. The molecule has 0 radical (unpaired) electrons. The topological polar surface area (TPSA) is 38.0 Å². The number of thiocarbonyl (C=S) groups is 1. The van der Waals surface area contributed by atoms with Crippen molar-refractivity contribution in [2.24, 2.45) is 5.73 Å². The molecule has 0 aliphatic heterocycles. The molecule has 0 bridgehead atoms.